The molecule has 4 amide bonds. The number of amides is 4. The fraction of sp³-hybridized carbons (Fsp3) is 0.368. The molecule has 0 unspecified atom stereocenters. The molecule has 2 fully saturated rings. The second-order valence-electron chi connectivity index (χ2n) is 7.09. The van der Waals surface area contributed by atoms with Crippen LogP contribution in [0.15, 0.2) is 24.3 Å². The molecule has 1 saturated carbocycles. The number of urea groups is 1. The third-order valence-electron chi connectivity index (χ3n) is 5.17. The highest BCUT2D eigenvalue weighted by Crippen LogP contribution is 2.35. The fourth-order valence-corrected chi connectivity index (χ4v) is 4.74. The van der Waals surface area contributed by atoms with Gasteiger partial charge in [-0.25, -0.2) is 9.78 Å². The minimum Gasteiger partial charge on any atom is -0.323 e. The van der Waals surface area contributed by atoms with Gasteiger partial charge in [-0.3, -0.25) is 14.5 Å². The smallest absolute Gasteiger partial charge is 0.323 e. The summed E-state index contributed by atoms with van der Waals surface area (Å²) < 4.78 is 0. The number of benzene rings is 1. The van der Waals surface area contributed by atoms with Gasteiger partial charge in [-0.05, 0) is 31.9 Å². The number of aromatic nitrogens is 1. The molecule has 146 valence electrons. The largest absolute Gasteiger partial charge is 0.325 e. The third-order valence-corrected chi connectivity index (χ3v) is 6.30. The van der Waals surface area contributed by atoms with E-state index in [0.29, 0.717) is 23.0 Å². The molecule has 2 aromatic rings. The van der Waals surface area contributed by atoms with Crippen LogP contribution in [0.1, 0.15) is 30.6 Å². The Morgan fingerprint density at radius 3 is 2.64 bits per heavy atom. The zero-order valence-corrected chi connectivity index (χ0v) is 16.8. The number of nitrogens with zero attached hydrogens (tertiary/aromatic N) is 2. The molecule has 0 atom stereocenters. The number of thiazole rings is 1. The molecular weight excluding hydrogens is 400 g/mol. The van der Waals surface area contributed by atoms with E-state index in [4.69, 9.17) is 11.6 Å². The van der Waals surface area contributed by atoms with Crippen LogP contribution in [0.3, 0.4) is 0 Å². The van der Waals surface area contributed by atoms with Crippen molar-refractivity contribution in [2.24, 2.45) is 0 Å². The lowest BCUT2D eigenvalue weighted by atomic mass is 9.98. The maximum Gasteiger partial charge on any atom is 0.325 e. The van der Waals surface area contributed by atoms with Crippen LogP contribution in [0.4, 0.5) is 9.93 Å². The van der Waals surface area contributed by atoms with Gasteiger partial charge >= 0.3 is 6.03 Å². The number of halogens is 1. The molecule has 0 bridgehead atoms. The number of imide groups is 1. The molecule has 28 heavy (non-hydrogen) atoms. The summed E-state index contributed by atoms with van der Waals surface area (Å²) in [6, 6.07) is 6.79. The van der Waals surface area contributed by atoms with E-state index in [0.717, 1.165) is 33.9 Å². The summed E-state index contributed by atoms with van der Waals surface area (Å²) in [7, 11) is 0. The number of anilines is 1. The molecular formula is C19H19ClN4O3S. The second kappa shape index (κ2) is 7.18. The molecule has 1 spiro atoms. The summed E-state index contributed by atoms with van der Waals surface area (Å²) in [6.45, 7) is 1.60. The highest BCUT2D eigenvalue weighted by molar-refractivity contribution is 7.16. The summed E-state index contributed by atoms with van der Waals surface area (Å²) in [5.74, 6) is -0.753. The van der Waals surface area contributed by atoms with Gasteiger partial charge in [0.2, 0.25) is 5.91 Å². The molecule has 1 aromatic heterocycles. The molecule has 1 aliphatic heterocycles. The minimum atomic E-state index is -0.809. The first-order valence-electron chi connectivity index (χ1n) is 9.05. The Balaban J connectivity index is 1.44. The van der Waals surface area contributed by atoms with Crippen molar-refractivity contribution in [3.05, 3.63) is 34.2 Å². The molecule has 1 aliphatic carbocycles. The van der Waals surface area contributed by atoms with Crippen molar-refractivity contribution in [2.75, 3.05) is 11.9 Å². The number of carbonyl (C=O) groups is 3. The van der Waals surface area contributed by atoms with Crippen LogP contribution in [0, 0.1) is 6.92 Å². The van der Waals surface area contributed by atoms with Gasteiger partial charge in [-0.15, -0.1) is 11.3 Å². The van der Waals surface area contributed by atoms with Gasteiger partial charge in [0.15, 0.2) is 5.13 Å². The van der Waals surface area contributed by atoms with Crippen molar-refractivity contribution in [3.8, 4) is 11.3 Å². The Morgan fingerprint density at radius 1 is 1.29 bits per heavy atom. The number of nitrogens with one attached hydrogen (secondary N) is 2. The minimum absolute atomic E-state index is 0.303. The number of hydrogen-bond donors (Lipinski definition) is 2. The Morgan fingerprint density at radius 2 is 1.96 bits per heavy atom. The predicted octanol–water partition coefficient (Wildman–Crippen LogP) is 3.58. The highest BCUT2D eigenvalue weighted by atomic mass is 35.5. The van der Waals surface area contributed by atoms with Crippen LogP contribution in [0.25, 0.3) is 11.3 Å². The van der Waals surface area contributed by atoms with E-state index in [1.54, 1.807) is 12.1 Å². The second-order valence-corrected chi connectivity index (χ2v) is 8.73. The van der Waals surface area contributed by atoms with E-state index < -0.39 is 17.5 Å². The van der Waals surface area contributed by atoms with Crippen molar-refractivity contribution in [1.29, 1.82) is 0 Å². The van der Waals surface area contributed by atoms with Crippen LogP contribution in [0.2, 0.25) is 5.02 Å². The van der Waals surface area contributed by atoms with E-state index in [2.05, 4.69) is 15.6 Å². The first kappa shape index (κ1) is 18.9. The van der Waals surface area contributed by atoms with E-state index >= 15 is 0 Å². The van der Waals surface area contributed by atoms with Gasteiger partial charge in [0.05, 0.1) is 5.69 Å². The first-order chi connectivity index (χ1) is 13.4. The quantitative estimate of drug-likeness (QED) is 0.742. The summed E-state index contributed by atoms with van der Waals surface area (Å²) >= 11 is 7.26. The molecule has 2 N–H and O–H groups in total. The molecule has 9 heteroatoms. The van der Waals surface area contributed by atoms with Gasteiger partial charge in [0.1, 0.15) is 12.1 Å². The number of rotatable bonds is 4. The van der Waals surface area contributed by atoms with Crippen molar-refractivity contribution in [1.82, 2.24) is 15.2 Å². The lowest BCUT2D eigenvalue weighted by Crippen LogP contribution is -2.44. The zero-order valence-electron chi connectivity index (χ0n) is 15.3. The molecule has 0 radical (unpaired) electrons. The van der Waals surface area contributed by atoms with E-state index in [9.17, 15) is 14.4 Å². The maximum atomic E-state index is 12.6. The average Bonchev–Trinajstić information content (AvgIpc) is 3.32. The first-order valence-corrected chi connectivity index (χ1v) is 10.2. The molecule has 1 aromatic carbocycles. The monoisotopic (exact) mass is 418 g/mol. The highest BCUT2D eigenvalue weighted by Gasteiger charge is 2.52. The van der Waals surface area contributed by atoms with Crippen molar-refractivity contribution >= 4 is 45.9 Å². The Hall–Kier alpha value is -2.45. The zero-order chi connectivity index (χ0) is 19.9. The topological polar surface area (TPSA) is 91.4 Å². The molecule has 2 aliphatic rings. The summed E-state index contributed by atoms with van der Waals surface area (Å²) in [4.78, 5) is 43.7. The average molecular weight is 419 g/mol. The number of carbonyl (C=O) groups excluding carboxylic acids is 3. The lowest BCUT2D eigenvalue weighted by Gasteiger charge is -2.19. The van der Waals surface area contributed by atoms with E-state index in [-0.39, 0.29) is 12.5 Å². The van der Waals surface area contributed by atoms with Gasteiger partial charge in [-0.2, -0.15) is 0 Å². The normalized spacial score (nSPS) is 18.0. The predicted molar refractivity (Wildman–Crippen MR) is 107 cm³/mol. The number of aryl methyl sites for hydroxylation is 1. The fourth-order valence-electron chi connectivity index (χ4n) is 3.77. The SMILES string of the molecule is Cc1sc(NC(=O)CN2C(=O)NC3(CCCC3)C2=O)nc1-c1ccc(Cl)cc1. The third kappa shape index (κ3) is 3.38. The molecule has 1 saturated heterocycles. The maximum absolute atomic E-state index is 12.6. The van der Waals surface area contributed by atoms with Crippen LogP contribution >= 0.6 is 22.9 Å². The molecule has 7 nitrogen and oxygen atoms in total. The summed E-state index contributed by atoms with van der Waals surface area (Å²) in [5.41, 5.74) is 0.851. The van der Waals surface area contributed by atoms with Crippen molar-refractivity contribution in [2.45, 2.75) is 38.1 Å². The van der Waals surface area contributed by atoms with E-state index in [1.807, 2.05) is 19.1 Å². The Bertz CT molecular complexity index is 951. The standard InChI is InChI=1S/C19H19ClN4O3S/c1-11-15(12-4-6-13(20)7-5-12)22-17(28-11)21-14(25)10-24-16(26)19(23-18(24)27)8-2-3-9-19/h4-7H,2-3,8-10H2,1H3,(H,23,27)(H,21,22,25). The Kier molecular flexibility index (Phi) is 4.84. The van der Waals surface area contributed by atoms with Crippen molar-refractivity contribution < 1.29 is 14.4 Å². The van der Waals surface area contributed by atoms with Crippen LogP contribution in [-0.4, -0.2) is 39.8 Å². The van der Waals surface area contributed by atoms with Gasteiger partial charge in [-0.1, -0.05) is 36.6 Å². The van der Waals surface area contributed by atoms with Crippen LogP contribution in [0.5, 0.6) is 0 Å². The summed E-state index contributed by atoms with van der Waals surface area (Å²) in [5, 5.41) is 6.53. The molecule has 4 rings (SSSR count). The van der Waals surface area contributed by atoms with Gasteiger partial charge in [0.25, 0.3) is 5.91 Å². The van der Waals surface area contributed by atoms with Crippen LogP contribution < -0.4 is 10.6 Å². The van der Waals surface area contributed by atoms with Gasteiger partial charge < -0.3 is 10.6 Å². The lowest BCUT2D eigenvalue weighted by molar-refractivity contribution is -0.133. The number of hydrogen-bond acceptors (Lipinski definition) is 5. The van der Waals surface area contributed by atoms with Crippen LogP contribution in [-0.2, 0) is 9.59 Å². The van der Waals surface area contributed by atoms with E-state index in [1.165, 1.54) is 11.3 Å². The molecule has 2 heterocycles. The van der Waals surface area contributed by atoms with Crippen molar-refractivity contribution in [3.63, 3.8) is 0 Å². The Labute approximate surface area is 171 Å². The summed E-state index contributed by atoms with van der Waals surface area (Å²) in [6.07, 6.45) is 3.06. The van der Waals surface area contributed by atoms with Gasteiger partial charge in [0, 0.05) is 15.5 Å².